The molecule has 0 aromatic heterocycles. The Morgan fingerprint density at radius 2 is 2.13 bits per heavy atom. The Hall–Kier alpha value is -1.09. The third-order valence-electron chi connectivity index (χ3n) is 2.53. The Balaban J connectivity index is 2.68. The largest absolute Gasteiger partial charge is 0.489 e. The molecule has 15 heavy (non-hydrogen) atoms. The lowest BCUT2D eigenvalue weighted by Gasteiger charge is -2.20. The van der Waals surface area contributed by atoms with Crippen LogP contribution in [0.1, 0.15) is 25.8 Å². The van der Waals surface area contributed by atoms with Gasteiger partial charge in [0.25, 0.3) is 0 Å². The number of nitrogens with two attached hydrogens (primary N) is 1. The minimum Gasteiger partial charge on any atom is -0.489 e. The van der Waals surface area contributed by atoms with Crippen LogP contribution in [0.25, 0.3) is 0 Å². The van der Waals surface area contributed by atoms with E-state index >= 15 is 0 Å². The zero-order valence-electron chi connectivity index (χ0n) is 9.46. The van der Waals surface area contributed by atoms with Crippen LogP contribution >= 0.6 is 0 Å². The highest BCUT2D eigenvalue weighted by molar-refractivity contribution is 5.29. The van der Waals surface area contributed by atoms with Crippen molar-refractivity contribution in [1.82, 2.24) is 0 Å². The van der Waals surface area contributed by atoms with Crippen LogP contribution in [-0.2, 0) is 0 Å². The fourth-order valence-electron chi connectivity index (χ4n) is 1.32. The van der Waals surface area contributed by atoms with Gasteiger partial charge in [-0.05, 0) is 44.0 Å². The summed E-state index contributed by atoms with van der Waals surface area (Å²) in [5, 5.41) is 0. The van der Waals surface area contributed by atoms with Crippen LogP contribution in [0.3, 0.4) is 0 Å². The lowest BCUT2D eigenvalue weighted by molar-refractivity contribution is 0.187. The molecule has 0 saturated heterocycles. The van der Waals surface area contributed by atoms with Crippen molar-refractivity contribution in [1.29, 1.82) is 0 Å². The summed E-state index contributed by atoms with van der Waals surface area (Å²) in [5.74, 6) is 0.458. The fourth-order valence-corrected chi connectivity index (χ4v) is 1.32. The van der Waals surface area contributed by atoms with Crippen molar-refractivity contribution in [3.8, 4) is 5.75 Å². The second-order valence-corrected chi connectivity index (χ2v) is 3.81. The van der Waals surface area contributed by atoms with E-state index in [1.807, 2.05) is 13.8 Å². The molecule has 2 nitrogen and oxygen atoms in total. The number of aryl methyl sites for hydroxylation is 1. The Morgan fingerprint density at radius 3 is 2.67 bits per heavy atom. The molecule has 0 bridgehead atoms. The number of benzene rings is 1. The van der Waals surface area contributed by atoms with Gasteiger partial charge < -0.3 is 10.5 Å². The minimum atomic E-state index is -0.213. The van der Waals surface area contributed by atoms with Gasteiger partial charge in [0.15, 0.2) is 0 Å². The molecule has 2 atom stereocenters. The molecule has 1 aromatic carbocycles. The molecule has 2 N–H and O–H groups in total. The first kappa shape index (κ1) is 12.0. The average Bonchev–Trinajstić information content (AvgIpc) is 2.22. The Morgan fingerprint density at radius 1 is 1.47 bits per heavy atom. The van der Waals surface area contributed by atoms with Crippen molar-refractivity contribution < 1.29 is 9.13 Å². The van der Waals surface area contributed by atoms with Crippen molar-refractivity contribution in [2.75, 3.05) is 0 Å². The molecule has 0 saturated carbocycles. The molecule has 0 fully saturated rings. The van der Waals surface area contributed by atoms with Gasteiger partial charge in [0, 0.05) is 6.04 Å². The molecule has 2 unspecified atom stereocenters. The van der Waals surface area contributed by atoms with Crippen LogP contribution in [-0.4, -0.2) is 12.1 Å². The number of halogens is 1. The zero-order valence-corrected chi connectivity index (χ0v) is 9.46. The third kappa shape index (κ3) is 3.20. The molecule has 0 aliphatic heterocycles. The highest BCUT2D eigenvalue weighted by Gasteiger charge is 2.12. The zero-order chi connectivity index (χ0) is 11.4. The topological polar surface area (TPSA) is 35.2 Å². The van der Waals surface area contributed by atoms with Gasteiger partial charge in [-0.15, -0.1) is 0 Å². The molecule has 0 amide bonds. The maximum atomic E-state index is 13.0. The van der Waals surface area contributed by atoms with Gasteiger partial charge in [-0.3, -0.25) is 0 Å². The lowest BCUT2D eigenvalue weighted by Crippen LogP contribution is -2.35. The van der Waals surface area contributed by atoms with Crippen LogP contribution in [0, 0.1) is 12.7 Å². The smallest absolute Gasteiger partial charge is 0.126 e. The number of rotatable bonds is 4. The molecule has 0 spiro atoms. The van der Waals surface area contributed by atoms with Crippen LogP contribution in [0.15, 0.2) is 18.2 Å². The SMILES string of the molecule is CCC(N)C(C)Oc1ccc(F)c(C)c1. The van der Waals surface area contributed by atoms with E-state index in [4.69, 9.17) is 10.5 Å². The molecule has 0 radical (unpaired) electrons. The highest BCUT2D eigenvalue weighted by atomic mass is 19.1. The normalized spacial score (nSPS) is 14.7. The van der Waals surface area contributed by atoms with E-state index < -0.39 is 0 Å². The van der Waals surface area contributed by atoms with E-state index in [1.165, 1.54) is 6.07 Å². The van der Waals surface area contributed by atoms with Crippen molar-refractivity contribution in [2.45, 2.75) is 39.3 Å². The van der Waals surface area contributed by atoms with E-state index in [0.717, 1.165) is 6.42 Å². The second kappa shape index (κ2) is 5.12. The fraction of sp³-hybridized carbons (Fsp3) is 0.500. The van der Waals surface area contributed by atoms with Crippen molar-refractivity contribution in [3.63, 3.8) is 0 Å². The highest BCUT2D eigenvalue weighted by Crippen LogP contribution is 2.18. The molecule has 0 aliphatic carbocycles. The van der Waals surface area contributed by atoms with Crippen LogP contribution < -0.4 is 10.5 Å². The maximum Gasteiger partial charge on any atom is 0.126 e. The molecular formula is C12H18FNO. The van der Waals surface area contributed by atoms with Crippen molar-refractivity contribution in [3.05, 3.63) is 29.6 Å². The molecule has 0 aliphatic rings. The third-order valence-corrected chi connectivity index (χ3v) is 2.53. The van der Waals surface area contributed by atoms with E-state index in [-0.39, 0.29) is 18.0 Å². The summed E-state index contributed by atoms with van der Waals surface area (Å²) < 4.78 is 18.6. The summed E-state index contributed by atoms with van der Waals surface area (Å²) >= 11 is 0. The maximum absolute atomic E-state index is 13.0. The predicted molar refractivity (Wildman–Crippen MR) is 59.5 cm³/mol. The van der Waals surface area contributed by atoms with Gasteiger partial charge in [-0.25, -0.2) is 4.39 Å². The second-order valence-electron chi connectivity index (χ2n) is 3.81. The van der Waals surface area contributed by atoms with Gasteiger partial charge in [0.1, 0.15) is 17.7 Å². The summed E-state index contributed by atoms with van der Waals surface area (Å²) in [4.78, 5) is 0. The molecule has 3 heteroatoms. The summed E-state index contributed by atoms with van der Waals surface area (Å²) in [5.41, 5.74) is 6.42. The monoisotopic (exact) mass is 211 g/mol. The summed E-state index contributed by atoms with van der Waals surface area (Å²) in [6.45, 7) is 5.65. The van der Waals surface area contributed by atoms with Gasteiger partial charge in [-0.1, -0.05) is 6.92 Å². The quantitative estimate of drug-likeness (QED) is 0.831. The van der Waals surface area contributed by atoms with Crippen molar-refractivity contribution >= 4 is 0 Å². The molecule has 1 aromatic rings. The average molecular weight is 211 g/mol. The van der Waals surface area contributed by atoms with Crippen molar-refractivity contribution in [2.24, 2.45) is 5.73 Å². The number of hydrogen-bond donors (Lipinski definition) is 1. The van der Waals surface area contributed by atoms with Gasteiger partial charge >= 0.3 is 0 Å². The van der Waals surface area contributed by atoms with Gasteiger partial charge in [0.2, 0.25) is 0 Å². The Bertz CT molecular complexity index is 327. The van der Waals surface area contributed by atoms with Gasteiger partial charge in [-0.2, -0.15) is 0 Å². The Kier molecular flexibility index (Phi) is 4.09. The van der Waals surface area contributed by atoms with Crippen LogP contribution in [0.5, 0.6) is 5.75 Å². The standard InChI is InChI=1S/C12H18FNO/c1-4-12(14)9(3)15-10-5-6-11(13)8(2)7-10/h5-7,9,12H,4,14H2,1-3H3. The predicted octanol–water partition coefficient (Wildman–Crippen LogP) is 2.64. The van der Waals surface area contributed by atoms with E-state index in [0.29, 0.717) is 11.3 Å². The summed E-state index contributed by atoms with van der Waals surface area (Å²) in [7, 11) is 0. The summed E-state index contributed by atoms with van der Waals surface area (Å²) in [6.07, 6.45) is 0.807. The van der Waals surface area contributed by atoms with Crippen LogP contribution in [0.4, 0.5) is 4.39 Å². The van der Waals surface area contributed by atoms with Crippen LogP contribution in [0.2, 0.25) is 0 Å². The number of ether oxygens (including phenoxy) is 1. The molecule has 1 rings (SSSR count). The first-order valence-corrected chi connectivity index (χ1v) is 5.23. The minimum absolute atomic E-state index is 0.00959. The first-order valence-electron chi connectivity index (χ1n) is 5.23. The van der Waals surface area contributed by atoms with E-state index in [1.54, 1.807) is 19.1 Å². The lowest BCUT2D eigenvalue weighted by atomic mass is 10.1. The van der Waals surface area contributed by atoms with Gasteiger partial charge in [0.05, 0.1) is 0 Å². The molecule has 0 heterocycles. The molecule has 84 valence electrons. The number of hydrogen-bond acceptors (Lipinski definition) is 2. The molecular weight excluding hydrogens is 193 g/mol. The first-order chi connectivity index (χ1) is 7.04. The summed E-state index contributed by atoms with van der Waals surface area (Å²) in [6, 6.07) is 4.74. The van der Waals surface area contributed by atoms with E-state index in [2.05, 4.69) is 0 Å². The van der Waals surface area contributed by atoms with E-state index in [9.17, 15) is 4.39 Å². The Labute approximate surface area is 90.2 Å².